The van der Waals surface area contributed by atoms with Crippen LogP contribution < -0.4 is 65.9 Å². The quantitative estimate of drug-likeness (QED) is 0.0169. The maximum absolute atomic E-state index is 14.3. The molecule has 0 aromatic heterocycles. The Morgan fingerprint density at radius 3 is 1.46 bits per heavy atom. The van der Waals surface area contributed by atoms with Gasteiger partial charge in [-0.05, 0) is 60.4 Å². The molecule has 0 saturated heterocycles. The van der Waals surface area contributed by atoms with E-state index in [9.17, 15) is 58.5 Å². The summed E-state index contributed by atoms with van der Waals surface area (Å²) in [7, 11) is 0. The van der Waals surface area contributed by atoms with Gasteiger partial charge < -0.3 is 81.2 Å². The Morgan fingerprint density at radius 2 is 0.961 bits per heavy atom. The number of benzene rings is 3. The highest BCUT2D eigenvalue weighted by Gasteiger charge is 2.35. The van der Waals surface area contributed by atoms with Crippen LogP contribution in [0, 0.1) is 5.92 Å². The van der Waals surface area contributed by atoms with E-state index in [1.165, 1.54) is 24.3 Å². The Kier molecular flexibility index (Phi) is 25.7. The van der Waals surface area contributed by atoms with Crippen molar-refractivity contribution in [1.29, 1.82) is 0 Å². The minimum absolute atomic E-state index is 0.0355. The van der Waals surface area contributed by atoms with Crippen LogP contribution in [0.5, 0.6) is 5.75 Å². The van der Waals surface area contributed by atoms with Crippen LogP contribution >= 0.6 is 0 Å². The van der Waals surface area contributed by atoms with E-state index in [4.69, 9.17) is 28.7 Å². The molecular formula is C50H70N14O12. The predicted molar refractivity (Wildman–Crippen MR) is 279 cm³/mol. The number of aliphatic imine (C=N–C) groups is 2. The zero-order valence-corrected chi connectivity index (χ0v) is 42.3. The summed E-state index contributed by atoms with van der Waals surface area (Å²) in [5, 5.41) is 46.7. The first-order chi connectivity index (χ1) is 36.0. The molecule has 7 amide bonds. The lowest BCUT2D eigenvalue weighted by Gasteiger charge is -2.28. The summed E-state index contributed by atoms with van der Waals surface area (Å²) in [6.07, 6.45) is -0.869. The standard InChI is InChI=1S/C50H70N14O12/c1-28(2)41(47(74)60-34(16-10-22-57-50(54)55)43(70)58-27-39(66)59-38(48(75)76)25-31-17-19-32(65)20-18-31)64-46(73)36(24-30-13-7-4-8-14-30)62-45(72)37(26-40(67)68)63-44(71)35(23-29-11-5-3-6-12-29)61-42(69)33(51)15-9-21-56-49(52)53/h3-8,11-14,17-20,28,33-38,41,65H,9-10,15-16,21-27,51H2,1-2H3,(H,58,70)(H,59,66)(H,60,74)(H,61,69)(H,62,72)(H,63,71)(H,64,73)(H,67,68)(H,75,76)(H4,52,53,56)(H4,54,55,57). The normalized spacial score (nSPS) is 13.6. The molecule has 76 heavy (non-hydrogen) atoms. The number of nitrogens with two attached hydrogens (primary N) is 5. The van der Waals surface area contributed by atoms with Gasteiger partial charge in [0.2, 0.25) is 41.4 Å². The molecule has 3 aromatic rings. The number of aromatic hydroxyl groups is 1. The number of amides is 7. The molecule has 26 heteroatoms. The molecule has 7 unspecified atom stereocenters. The van der Waals surface area contributed by atoms with Gasteiger partial charge in [-0.15, -0.1) is 0 Å². The van der Waals surface area contributed by atoms with E-state index >= 15 is 0 Å². The molecule has 7 atom stereocenters. The molecular weight excluding hydrogens is 989 g/mol. The van der Waals surface area contributed by atoms with Crippen LogP contribution in [-0.2, 0) is 62.4 Å². The molecule has 3 aromatic carbocycles. The van der Waals surface area contributed by atoms with Crippen LogP contribution in [0.4, 0.5) is 0 Å². The molecule has 412 valence electrons. The molecule has 20 N–H and O–H groups in total. The van der Waals surface area contributed by atoms with Gasteiger partial charge in [0, 0.05) is 32.4 Å². The number of carboxylic acid groups (broad SMARTS) is 2. The molecule has 0 aliphatic heterocycles. The van der Waals surface area contributed by atoms with Crippen molar-refractivity contribution in [2.45, 2.75) is 108 Å². The van der Waals surface area contributed by atoms with Gasteiger partial charge in [-0.1, -0.05) is 86.6 Å². The average Bonchev–Trinajstić information content (AvgIpc) is 3.36. The summed E-state index contributed by atoms with van der Waals surface area (Å²) in [6.45, 7) is 2.70. The number of phenols is 1. The van der Waals surface area contributed by atoms with E-state index in [0.717, 1.165) is 0 Å². The molecule has 0 bridgehead atoms. The summed E-state index contributed by atoms with van der Waals surface area (Å²) in [6, 6.07) is 12.6. The van der Waals surface area contributed by atoms with Crippen molar-refractivity contribution in [2.75, 3.05) is 19.6 Å². The third-order valence-electron chi connectivity index (χ3n) is 11.4. The first kappa shape index (κ1) is 61.5. The fourth-order valence-corrected chi connectivity index (χ4v) is 7.40. The van der Waals surface area contributed by atoms with Crippen molar-refractivity contribution in [1.82, 2.24) is 37.2 Å². The van der Waals surface area contributed by atoms with Gasteiger partial charge in [0.1, 0.15) is 42.0 Å². The second-order valence-corrected chi connectivity index (χ2v) is 18.0. The Labute approximate surface area is 438 Å². The predicted octanol–water partition coefficient (Wildman–Crippen LogP) is -2.91. The van der Waals surface area contributed by atoms with Crippen molar-refractivity contribution in [3.05, 3.63) is 102 Å². The zero-order chi connectivity index (χ0) is 56.3. The van der Waals surface area contributed by atoms with E-state index in [1.807, 2.05) is 0 Å². The number of phenolic OH excluding ortho intramolecular Hbond substituents is 1. The third kappa shape index (κ3) is 22.9. The number of nitrogens with zero attached hydrogens (tertiary/aromatic N) is 2. The average molecular weight is 1060 g/mol. The number of aliphatic carboxylic acids is 2. The number of guanidine groups is 2. The van der Waals surface area contributed by atoms with Gasteiger partial charge in [-0.2, -0.15) is 0 Å². The largest absolute Gasteiger partial charge is 0.508 e. The van der Waals surface area contributed by atoms with Crippen LogP contribution in [0.2, 0.25) is 0 Å². The minimum Gasteiger partial charge on any atom is -0.508 e. The van der Waals surface area contributed by atoms with Crippen LogP contribution in [0.3, 0.4) is 0 Å². The van der Waals surface area contributed by atoms with Gasteiger partial charge in [-0.3, -0.25) is 48.3 Å². The fourth-order valence-electron chi connectivity index (χ4n) is 7.40. The van der Waals surface area contributed by atoms with E-state index in [2.05, 4.69) is 47.2 Å². The molecule has 0 spiro atoms. The Bertz CT molecular complexity index is 2490. The lowest BCUT2D eigenvalue weighted by Crippen LogP contribution is -2.61. The molecule has 0 aliphatic carbocycles. The van der Waals surface area contributed by atoms with Crippen molar-refractivity contribution in [3.63, 3.8) is 0 Å². The number of hydrogen-bond acceptors (Lipinski definition) is 13. The van der Waals surface area contributed by atoms with E-state index in [1.54, 1.807) is 74.5 Å². The summed E-state index contributed by atoms with van der Waals surface area (Å²) < 4.78 is 0. The maximum atomic E-state index is 14.3. The molecule has 0 saturated carbocycles. The van der Waals surface area contributed by atoms with Crippen molar-refractivity contribution in [2.24, 2.45) is 44.6 Å². The van der Waals surface area contributed by atoms with Gasteiger partial charge >= 0.3 is 11.9 Å². The molecule has 0 aliphatic rings. The monoisotopic (exact) mass is 1060 g/mol. The topological polar surface area (TPSA) is 453 Å². The molecule has 0 radical (unpaired) electrons. The summed E-state index contributed by atoms with van der Waals surface area (Å²) >= 11 is 0. The Balaban J connectivity index is 1.84. The summed E-state index contributed by atoms with van der Waals surface area (Å²) in [5.41, 5.74) is 29.4. The molecule has 0 fully saturated rings. The molecule has 3 rings (SSSR count). The smallest absolute Gasteiger partial charge is 0.326 e. The van der Waals surface area contributed by atoms with Crippen LogP contribution in [-0.4, -0.2) is 142 Å². The van der Waals surface area contributed by atoms with E-state index in [-0.39, 0.29) is 69.3 Å². The van der Waals surface area contributed by atoms with Gasteiger partial charge in [0.25, 0.3) is 0 Å². The van der Waals surface area contributed by atoms with E-state index < -0.39 is 114 Å². The number of nitrogens with one attached hydrogen (secondary N) is 7. The number of hydrogen-bond donors (Lipinski definition) is 15. The van der Waals surface area contributed by atoms with Gasteiger partial charge in [0.05, 0.1) is 19.0 Å². The number of carbonyl (C=O) groups excluding carboxylic acids is 7. The fraction of sp³-hybridized carbons (Fsp3) is 0.420. The van der Waals surface area contributed by atoms with Crippen molar-refractivity contribution in [3.8, 4) is 5.75 Å². The number of rotatable bonds is 32. The first-order valence-corrected chi connectivity index (χ1v) is 24.3. The van der Waals surface area contributed by atoms with Crippen molar-refractivity contribution < 1.29 is 58.5 Å². The second kappa shape index (κ2) is 31.7. The summed E-state index contributed by atoms with van der Waals surface area (Å²) in [4.78, 5) is 128. The SMILES string of the molecule is CC(C)C(NC(=O)C(Cc1ccccc1)NC(=O)C(CC(=O)O)NC(=O)C(Cc1ccccc1)NC(=O)C(N)CCCN=C(N)N)C(=O)NC(CCCN=C(N)N)C(=O)NCC(=O)NC(Cc1ccc(O)cc1)C(=O)O. The zero-order valence-electron chi connectivity index (χ0n) is 42.3. The molecule has 26 nitrogen and oxygen atoms in total. The number of carboxylic acids is 2. The Hall–Kier alpha value is -8.81. The molecule has 0 heterocycles. The van der Waals surface area contributed by atoms with E-state index in [0.29, 0.717) is 23.1 Å². The number of carbonyl (C=O) groups is 9. The Morgan fingerprint density at radius 1 is 0.513 bits per heavy atom. The second-order valence-electron chi connectivity index (χ2n) is 18.0. The van der Waals surface area contributed by atoms with Crippen molar-refractivity contribution >= 4 is 65.2 Å². The maximum Gasteiger partial charge on any atom is 0.326 e. The van der Waals surface area contributed by atoms with Crippen LogP contribution in [0.1, 0.15) is 62.6 Å². The lowest BCUT2D eigenvalue weighted by atomic mass is 9.99. The third-order valence-corrected chi connectivity index (χ3v) is 11.4. The minimum atomic E-state index is -1.81. The first-order valence-electron chi connectivity index (χ1n) is 24.3. The van der Waals surface area contributed by atoms with Crippen LogP contribution in [0.25, 0.3) is 0 Å². The van der Waals surface area contributed by atoms with Gasteiger partial charge in [0.15, 0.2) is 11.9 Å². The van der Waals surface area contributed by atoms with Gasteiger partial charge in [-0.25, -0.2) is 4.79 Å². The van der Waals surface area contributed by atoms with Crippen LogP contribution in [0.15, 0.2) is 94.9 Å². The highest BCUT2D eigenvalue weighted by Crippen LogP contribution is 2.13. The summed E-state index contributed by atoms with van der Waals surface area (Å²) in [5.74, 6) is -10.2. The highest BCUT2D eigenvalue weighted by molar-refractivity contribution is 5.98. The lowest BCUT2D eigenvalue weighted by molar-refractivity contribution is -0.142. The highest BCUT2D eigenvalue weighted by atomic mass is 16.4.